The molecule has 4 heteroatoms. The van der Waals surface area contributed by atoms with Crippen LogP contribution in [0.1, 0.15) is 52.4 Å². The Hall–Kier alpha value is -1.42. The lowest BCUT2D eigenvalue weighted by molar-refractivity contribution is -0.165. The van der Waals surface area contributed by atoms with E-state index in [-0.39, 0.29) is 29.2 Å². The molecule has 6 atom stereocenters. The largest absolute Gasteiger partial charge is 0.450 e. The van der Waals surface area contributed by atoms with Gasteiger partial charge in [0.1, 0.15) is 0 Å². The van der Waals surface area contributed by atoms with Crippen LogP contribution < -0.4 is 0 Å². The summed E-state index contributed by atoms with van der Waals surface area (Å²) in [5, 5.41) is 10.5. The molecule has 4 aliphatic carbocycles. The second kappa shape index (κ2) is 5.29. The highest BCUT2D eigenvalue weighted by molar-refractivity contribution is 6.01. The van der Waals surface area contributed by atoms with Crippen LogP contribution in [0.15, 0.2) is 23.8 Å². The quantitative estimate of drug-likeness (QED) is 0.751. The number of ether oxygens (including phenoxy) is 1. The fourth-order valence-electron chi connectivity index (χ4n) is 6.21. The Balaban J connectivity index is 1.75. The Morgan fingerprint density at radius 3 is 2.79 bits per heavy atom. The Kier molecular flexibility index (Phi) is 3.54. The van der Waals surface area contributed by atoms with Crippen molar-refractivity contribution in [2.75, 3.05) is 0 Å². The third-order valence-corrected chi connectivity index (χ3v) is 7.31. The lowest BCUT2D eigenvalue weighted by atomic mass is 9.51. The Labute approximate surface area is 143 Å². The summed E-state index contributed by atoms with van der Waals surface area (Å²) in [7, 11) is 0. The number of esters is 1. The van der Waals surface area contributed by atoms with Crippen molar-refractivity contribution < 1.29 is 19.4 Å². The molecule has 4 aliphatic rings. The number of hydrogen-bond acceptors (Lipinski definition) is 4. The highest BCUT2D eigenvalue weighted by atomic mass is 16.6. The SMILES string of the molecule is CC(=O)O[C@]12C=CC(=O)C=C1CC[C@H]1[C@@H]3CC[C@H](O)[C@@]3(C)CC[C@@H]12. The van der Waals surface area contributed by atoms with E-state index in [2.05, 4.69) is 6.92 Å². The van der Waals surface area contributed by atoms with Gasteiger partial charge in [-0.15, -0.1) is 0 Å². The summed E-state index contributed by atoms with van der Waals surface area (Å²) in [5.41, 5.74) is 0.222. The van der Waals surface area contributed by atoms with Crippen molar-refractivity contribution >= 4 is 11.8 Å². The van der Waals surface area contributed by atoms with Gasteiger partial charge < -0.3 is 9.84 Å². The van der Waals surface area contributed by atoms with Crippen LogP contribution in [0.4, 0.5) is 0 Å². The van der Waals surface area contributed by atoms with Gasteiger partial charge in [0.05, 0.1) is 6.10 Å². The Morgan fingerprint density at radius 2 is 2.04 bits per heavy atom. The molecule has 0 amide bonds. The maximum Gasteiger partial charge on any atom is 0.303 e. The molecule has 0 aromatic carbocycles. The topological polar surface area (TPSA) is 63.6 Å². The van der Waals surface area contributed by atoms with Crippen LogP contribution in [0.5, 0.6) is 0 Å². The first-order chi connectivity index (χ1) is 11.4. The van der Waals surface area contributed by atoms with E-state index >= 15 is 0 Å². The van der Waals surface area contributed by atoms with Crippen molar-refractivity contribution in [3.05, 3.63) is 23.8 Å². The first-order valence-electron chi connectivity index (χ1n) is 9.19. The first kappa shape index (κ1) is 16.1. The van der Waals surface area contributed by atoms with E-state index in [1.165, 1.54) is 6.92 Å². The van der Waals surface area contributed by atoms with Gasteiger partial charge in [-0.3, -0.25) is 9.59 Å². The van der Waals surface area contributed by atoms with E-state index < -0.39 is 5.60 Å². The standard InChI is InChI=1S/C20H26O4/c1-12(21)24-20-10-7-14(22)11-13(20)3-4-15-16-5-6-18(23)19(16,2)9-8-17(15)20/h7,10-11,15-18,23H,3-6,8-9H2,1-2H3/t15-,16-,17-,18-,19-,20+/m0/s1. The average Bonchev–Trinajstić information content (AvgIpc) is 2.83. The number of fused-ring (bicyclic) bond motifs is 5. The molecule has 4 rings (SSSR count). The molecule has 0 heterocycles. The number of hydrogen-bond donors (Lipinski definition) is 1. The van der Waals surface area contributed by atoms with E-state index in [1.807, 2.05) is 6.08 Å². The highest BCUT2D eigenvalue weighted by Gasteiger charge is 2.60. The predicted octanol–water partition coefficient (Wildman–Crippen LogP) is 2.95. The van der Waals surface area contributed by atoms with Crippen LogP contribution in [0, 0.1) is 23.2 Å². The van der Waals surface area contributed by atoms with Gasteiger partial charge in [-0.25, -0.2) is 0 Å². The van der Waals surface area contributed by atoms with Gasteiger partial charge >= 0.3 is 5.97 Å². The third-order valence-electron chi connectivity index (χ3n) is 7.31. The predicted molar refractivity (Wildman–Crippen MR) is 89.0 cm³/mol. The minimum atomic E-state index is -0.739. The van der Waals surface area contributed by atoms with Crippen LogP contribution in [0.25, 0.3) is 0 Å². The molecule has 0 unspecified atom stereocenters. The van der Waals surface area contributed by atoms with E-state index in [4.69, 9.17) is 4.74 Å². The van der Waals surface area contributed by atoms with Crippen molar-refractivity contribution in [2.24, 2.45) is 23.2 Å². The number of ketones is 1. The van der Waals surface area contributed by atoms with Crippen LogP contribution in [0.2, 0.25) is 0 Å². The molecule has 24 heavy (non-hydrogen) atoms. The van der Waals surface area contributed by atoms with Gasteiger partial charge in [0.25, 0.3) is 0 Å². The molecular weight excluding hydrogens is 304 g/mol. The Bertz CT molecular complexity index is 648. The first-order valence-corrected chi connectivity index (χ1v) is 9.19. The maximum absolute atomic E-state index is 11.9. The lowest BCUT2D eigenvalue weighted by Crippen LogP contribution is -2.56. The molecule has 0 aliphatic heterocycles. The van der Waals surface area contributed by atoms with Crippen molar-refractivity contribution in [3.63, 3.8) is 0 Å². The second-order valence-corrected chi connectivity index (χ2v) is 8.35. The number of rotatable bonds is 1. The molecule has 4 nitrogen and oxygen atoms in total. The molecule has 0 saturated heterocycles. The van der Waals surface area contributed by atoms with Gasteiger partial charge in [-0.2, -0.15) is 0 Å². The van der Waals surface area contributed by atoms with E-state index in [0.29, 0.717) is 11.8 Å². The summed E-state index contributed by atoms with van der Waals surface area (Å²) < 4.78 is 5.90. The smallest absolute Gasteiger partial charge is 0.303 e. The Morgan fingerprint density at radius 1 is 1.25 bits per heavy atom. The number of aliphatic hydroxyl groups excluding tert-OH is 1. The molecule has 0 aromatic heterocycles. The van der Waals surface area contributed by atoms with E-state index in [9.17, 15) is 14.7 Å². The average molecular weight is 330 g/mol. The zero-order valence-electron chi connectivity index (χ0n) is 14.5. The zero-order valence-corrected chi connectivity index (χ0v) is 14.5. The van der Waals surface area contributed by atoms with Crippen LogP contribution in [0.3, 0.4) is 0 Å². The van der Waals surface area contributed by atoms with Crippen LogP contribution in [-0.4, -0.2) is 28.6 Å². The summed E-state index contributed by atoms with van der Waals surface area (Å²) >= 11 is 0. The van der Waals surface area contributed by atoms with E-state index in [0.717, 1.165) is 44.1 Å². The molecule has 1 N–H and O–H groups in total. The molecule has 3 fully saturated rings. The number of allylic oxidation sites excluding steroid dienone is 2. The van der Waals surface area contributed by atoms with Crippen molar-refractivity contribution in [3.8, 4) is 0 Å². The molecule has 130 valence electrons. The van der Waals surface area contributed by atoms with E-state index in [1.54, 1.807) is 12.2 Å². The van der Waals surface area contributed by atoms with Gasteiger partial charge in [-0.05, 0) is 79.6 Å². The molecule has 0 bridgehead atoms. The molecule has 0 aromatic rings. The molecule has 0 spiro atoms. The van der Waals surface area contributed by atoms with Gasteiger partial charge in [0, 0.05) is 12.8 Å². The summed E-state index contributed by atoms with van der Waals surface area (Å²) in [5.74, 6) is 0.833. The van der Waals surface area contributed by atoms with Gasteiger partial charge in [0.2, 0.25) is 0 Å². The van der Waals surface area contributed by atoms with Crippen molar-refractivity contribution in [1.29, 1.82) is 0 Å². The minimum absolute atomic E-state index is 0.00595. The minimum Gasteiger partial charge on any atom is -0.450 e. The molecular formula is C20H26O4. The fourth-order valence-corrected chi connectivity index (χ4v) is 6.21. The van der Waals surface area contributed by atoms with Crippen LogP contribution in [-0.2, 0) is 14.3 Å². The summed E-state index contributed by atoms with van der Waals surface area (Å²) in [4.78, 5) is 23.7. The van der Waals surface area contributed by atoms with Gasteiger partial charge in [-0.1, -0.05) is 6.92 Å². The second-order valence-electron chi connectivity index (χ2n) is 8.35. The number of aliphatic hydroxyl groups is 1. The third kappa shape index (κ3) is 2.08. The zero-order chi connectivity index (χ0) is 17.1. The lowest BCUT2D eigenvalue weighted by Gasteiger charge is -2.56. The number of carbonyl (C=O) groups excluding carboxylic acids is 2. The fraction of sp³-hybridized carbons (Fsp3) is 0.700. The number of carbonyl (C=O) groups is 2. The summed E-state index contributed by atoms with van der Waals surface area (Å²) in [6, 6.07) is 0. The van der Waals surface area contributed by atoms with Crippen molar-refractivity contribution in [1.82, 2.24) is 0 Å². The normalized spacial score (nSPS) is 46.6. The molecule has 3 saturated carbocycles. The van der Waals surface area contributed by atoms with Gasteiger partial charge in [0.15, 0.2) is 11.4 Å². The highest BCUT2D eigenvalue weighted by Crippen LogP contribution is 2.62. The van der Waals surface area contributed by atoms with Crippen LogP contribution >= 0.6 is 0 Å². The maximum atomic E-state index is 11.9. The molecule has 0 radical (unpaired) electrons. The monoisotopic (exact) mass is 330 g/mol. The summed E-state index contributed by atoms with van der Waals surface area (Å²) in [6.07, 6.45) is 10.5. The van der Waals surface area contributed by atoms with Crippen molar-refractivity contribution in [2.45, 2.75) is 64.1 Å². The summed E-state index contributed by atoms with van der Waals surface area (Å²) in [6.45, 7) is 3.68.